The molecule has 3 aliphatic rings. The Morgan fingerprint density at radius 3 is 1.34 bits per heavy atom. The second kappa shape index (κ2) is 7.05. The Bertz CT molecular complexity index is 1050. The van der Waals surface area contributed by atoms with E-state index in [1.807, 2.05) is 12.1 Å². The van der Waals surface area contributed by atoms with Gasteiger partial charge in [0.05, 0.1) is 28.4 Å². The van der Waals surface area contributed by atoms with Gasteiger partial charge >= 0.3 is 11.9 Å². The largest absolute Gasteiger partial charge is 0.497 e. The summed E-state index contributed by atoms with van der Waals surface area (Å²) >= 11 is 0. The van der Waals surface area contributed by atoms with Gasteiger partial charge in [0.15, 0.2) is 11.2 Å². The smallest absolute Gasteiger partial charge is 0.307 e. The van der Waals surface area contributed by atoms with Crippen molar-refractivity contribution in [3.05, 3.63) is 35.4 Å². The fraction of sp³-hybridized carbons (Fsp3) is 0.417. The third kappa shape index (κ3) is 2.49. The van der Waals surface area contributed by atoms with Crippen molar-refractivity contribution in [2.75, 3.05) is 28.4 Å². The van der Waals surface area contributed by atoms with Crippen LogP contribution in [0.1, 0.15) is 36.8 Å². The van der Waals surface area contributed by atoms with Gasteiger partial charge in [0.25, 0.3) is 0 Å². The molecule has 2 spiro atoms. The first-order valence-electron chi connectivity index (χ1n) is 10.4. The minimum Gasteiger partial charge on any atom is -0.497 e. The van der Waals surface area contributed by atoms with Crippen LogP contribution in [0, 0.1) is 0 Å². The van der Waals surface area contributed by atoms with Crippen LogP contribution < -0.4 is 18.9 Å². The van der Waals surface area contributed by atoms with Crippen molar-refractivity contribution in [2.45, 2.75) is 36.9 Å². The summed E-state index contributed by atoms with van der Waals surface area (Å²) in [5.74, 6) is 1.45. The summed E-state index contributed by atoms with van der Waals surface area (Å²) in [6, 6.07) is 7.21. The molecule has 32 heavy (non-hydrogen) atoms. The fourth-order valence-corrected chi connectivity index (χ4v) is 5.42. The summed E-state index contributed by atoms with van der Waals surface area (Å²) < 4.78 is 34.8. The Kier molecular flexibility index (Phi) is 4.51. The molecule has 2 fully saturated rings. The number of esters is 2. The molecule has 2 heterocycles. The third-order valence-electron chi connectivity index (χ3n) is 6.77. The minimum absolute atomic E-state index is 0.203. The van der Waals surface area contributed by atoms with Gasteiger partial charge in [-0.05, 0) is 12.1 Å². The Morgan fingerprint density at radius 2 is 1.06 bits per heavy atom. The summed E-state index contributed by atoms with van der Waals surface area (Å²) in [6.07, 6.45) is 1.10. The number of carbonyl (C=O) groups excluding carboxylic acids is 2. The van der Waals surface area contributed by atoms with Crippen LogP contribution >= 0.6 is 0 Å². The number of benzene rings is 2. The SMILES string of the molecule is COc1cc(OC)c2c(c1)C1(CCC(=O)O1)C1(CCC(=O)O1)c1cc(OC)cc(OC)c1-2. The molecule has 8 nitrogen and oxygen atoms in total. The van der Waals surface area contributed by atoms with Gasteiger partial charge in [-0.1, -0.05) is 0 Å². The highest BCUT2D eigenvalue weighted by molar-refractivity contribution is 5.90. The van der Waals surface area contributed by atoms with Crippen molar-refractivity contribution in [3.8, 4) is 34.1 Å². The molecule has 168 valence electrons. The van der Waals surface area contributed by atoms with Gasteiger partial charge in [0.2, 0.25) is 0 Å². The van der Waals surface area contributed by atoms with Crippen LogP contribution in [0.5, 0.6) is 23.0 Å². The molecule has 2 saturated heterocycles. The summed E-state index contributed by atoms with van der Waals surface area (Å²) in [5, 5.41) is 0. The van der Waals surface area contributed by atoms with Crippen LogP contribution in [0.2, 0.25) is 0 Å². The van der Waals surface area contributed by atoms with E-state index in [-0.39, 0.29) is 24.8 Å². The van der Waals surface area contributed by atoms with E-state index in [0.29, 0.717) is 58.1 Å². The molecule has 0 aromatic heterocycles. The van der Waals surface area contributed by atoms with Gasteiger partial charge in [0.1, 0.15) is 23.0 Å². The van der Waals surface area contributed by atoms with E-state index in [1.54, 1.807) is 40.6 Å². The second-order valence-electron chi connectivity index (χ2n) is 8.11. The Balaban J connectivity index is 1.97. The normalized spacial score (nSPS) is 25.2. The molecular formula is C24H24O8. The van der Waals surface area contributed by atoms with E-state index in [1.165, 1.54) is 0 Å². The first kappa shape index (κ1) is 20.5. The van der Waals surface area contributed by atoms with Crippen LogP contribution in [0.15, 0.2) is 24.3 Å². The lowest BCUT2D eigenvalue weighted by Gasteiger charge is -2.48. The zero-order valence-corrected chi connectivity index (χ0v) is 18.4. The lowest BCUT2D eigenvalue weighted by atomic mass is 9.62. The molecule has 2 aliphatic heterocycles. The molecule has 0 radical (unpaired) electrons. The third-order valence-corrected chi connectivity index (χ3v) is 6.77. The summed E-state index contributed by atoms with van der Waals surface area (Å²) in [5.41, 5.74) is 0.322. The highest BCUT2D eigenvalue weighted by Gasteiger charge is 2.68. The monoisotopic (exact) mass is 440 g/mol. The number of hydrogen-bond donors (Lipinski definition) is 0. The average Bonchev–Trinajstić information content (AvgIpc) is 3.40. The standard InChI is InChI=1S/C24H24O8/c1-27-13-9-15-21(17(11-13)29-3)22-16(10-14(28-2)12-18(22)30-4)24(8-6-20(26)32-24)23(15)7-5-19(25)31-23/h9-12H,5-8H2,1-4H3. The Labute approximate surface area is 185 Å². The Hall–Kier alpha value is -3.42. The number of hydrogen-bond acceptors (Lipinski definition) is 8. The molecule has 1 aliphatic carbocycles. The van der Waals surface area contributed by atoms with Crippen LogP contribution in [-0.4, -0.2) is 40.4 Å². The van der Waals surface area contributed by atoms with Crippen molar-refractivity contribution in [3.63, 3.8) is 0 Å². The van der Waals surface area contributed by atoms with Crippen molar-refractivity contribution in [1.29, 1.82) is 0 Å². The maximum absolute atomic E-state index is 12.5. The lowest BCUT2D eigenvalue weighted by Crippen LogP contribution is -2.52. The van der Waals surface area contributed by atoms with E-state index in [4.69, 9.17) is 28.4 Å². The fourth-order valence-electron chi connectivity index (χ4n) is 5.42. The number of carbonyl (C=O) groups is 2. The summed E-state index contributed by atoms with van der Waals surface area (Å²) in [4.78, 5) is 25.1. The van der Waals surface area contributed by atoms with Crippen LogP contribution in [0.25, 0.3) is 11.1 Å². The molecule has 2 aromatic rings. The van der Waals surface area contributed by atoms with E-state index in [9.17, 15) is 9.59 Å². The molecule has 0 amide bonds. The van der Waals surface area contributed by atoms with E-state index < -0.39 is 11.2 Å². The molecule has 2 atom stereocenters. The van der Waals surface area contributed by atoms with E-state index in [2.05, 4.69) is 0 Å². The molecular weight excluding hydrogens is 416 g/mol. The van der Waals surface area contributed by atoms with Gasteiger partial charge in [-0.25, -0.2) is 0 Å². The first-order chi connectivity index (χ1) is 15.4. The maximum Gasteiger partial charge on any atom is 0.307 e. The number of ether oxygens (including phenoxy) is 6. The number of methoxy groups -OCH3 is 4. The molecule has 8 heteroatoms. The molecule has 0 N–H and O–H groups in total. The Morgan fingerprint density at radius 1 is 0.656 bits per heavy atom. The van der Waals surface area contributed by atoms with E-state index in [0.717, 1.165) is 0 Å². The first-order valence-corrected chi connectivity index (χ1v) is 10.4. The summed E-state index contributed by atoms with van der Waals surface area (Å²) in [7, 11) is 6.25. The van der Waals surface area contributed by atoms with Crippen LogP contribution in [0.4, 0.5) is 0 Å². The van der Waals surface area contributed by atoms with E-state index >= 15 is 0 Å². The van der Waals surface area contributed by atoms with Gasteiger partial charge in [-0.3, -0.25) is 9.59 Å². The van der Waals surface area contributed by atoms with Crippen molar-refractivity contribution >= 4 is 11.9 Å². The van der Waals surface area contributed by atoms with Gasteiger partial charge in [-0.2, -0.15) is 0 Å². The van der Waals surface area contributed by atoms with Gasteiger partial charge in [0, 0.05) is 60.1 Å². The predicted molar refractivity (Wildman–Crippen MR) is 112 cm³/mol. The van der Waals surface area contributed by atoms with Crippen molar-refractivity contribution in [2.24, 2.45) is 0 Å². The van der Waals surface area contributed by atoms with Crippen LogP contribution in [-0.2, 0) is 30.3 Å². The molecule has 0 bridgehead atoms. The highest BCUT2D eigenvalue weighted by atomic mass is 16.6. The zero-order valence-electron chi connectivity index (χ0n) is 18.4. The predicted octanol–water partition coefficient (Wildman–Crippen LogP) is 3.47. The molecule has 5 rings (SSSR count). The summed E-state index contributed by atoms with van der Waals surface area (Å²) in [6.45, 7) is 0. The van der Waals surface area contributed by atoms with Crippen molar-refractivity contribution < 1.29 is 38.0 Å². The maximum atomic E-state index is 12.5. The zero-order chi connectivity index (χ0) is 22.7. The highest BCUT2D eigenvalue weighted by Crippen LogP contribution is 2.66. The van der Waals surface area contributed by atoms with Crippen LogP contribution in [0.3, 0.4) is 0 Å². The number of rotatable bonds is 4. The van der Waals surface area contributed by atoms with Gasteiger partial charge < -0.3 is 28.4 Å². The van der Waals surface area contributed by atoms with Gasteiger partial charge in [-0.15, -0.1) is 0 Å². The topological polar surface area (TPSA) is 89.5 Å². The lowest BCUT2D eigenvalue weighted by molar-refractivity contribution is -0.198. The second-order valence-corrected chi connectivity index (χ2v) is 8.11. The quantitative estimate of drug-likeness (QED) is 0.668. The number of fused-ring (bicyclic) bond motifs is 6. The minimum atomic E-state index is -1.22. The average molecular weight is 440 g/mol. The molecule has 2 unspecified atom stereocenters. The van der Waals surface area contributed by atoms with Crippen molar-refractivity contribution in [1.82, 2.24) is 0 Å². The molecule has 2 aromatic carbocycles. The molecule has 0 saturated carbocycles.